The van der Waals surface area contributed by atoms with E-state index in [0.717, 1.165) is 38.5 Å². The number of phosphoric acid groups is 1. The lowest BCUT2D eigenvalue weighted by atomic mass is 9.85. The molecular formula is C41H79O13P. The smallest absolute Gasteiger partial charge is 0.462 e. The Morgan fingerprint density at radius 3 is 1.20 bits per heavy atom. The normalized spacial score (nSPS) is 23.0. The lowest BCUT2D eigenvalue weighted by Crippen LogP contribution is -2.64. The van der Waals surface area contributed by atoms with Crippen LogP contribution in [0.25, 0.3) is 0 Å². The molecule has 13 nitrogen and oxygen atoms in total. The molecule has 1 fully saturated rings. The minimum Gasteiger partial charge on any atom is -0.462 e. The lowest BCUT2D eigenvalue weighted by molar-refractivity contribution is -0.220. The quantitative estimate of drug-likeness (QED) is 0.0204. The Labute approximate surface area is 331 Å². The van der Waals surface area contributed by atoms with E-state index in [2.05, 4.69) is 13.8 Å². The van der Waals surface area contributed by atoms with Gasteiger partial charge in [0.05, 0.1) is 6.61 Å². The fourth-order valence-corrected chi connectivity index (χ4v) is 7.85. The van der Waals surface area contributed by atoms with E-state index >= 15 is 0 Å². The van der Waals surface area contributed by atoms with Crippen molar-refractivity contribution in [3.63, 3.8) is 0 Å². The van der Waals surface area contributed by atoms with E-state index in [-0.39, 0.29) is 12.8 Å². The summed E-state index contributed by atoms with van der Waals surface area (Å²) in [6.45, 7) is 3.29. The second-order valence-electron chi connectivity index (χ2n) is 15.6. The highest BCUT2D eigenvalue weighted by atomic mass is 31.2. The molecular weight excluding hydrogens is 731 g/mol. The molecule has 0 saturated heterocycles. The third kappa shape index (κ3) is 25.7. The summed E-state index contributed by atoms with van der Waals surface area (Å²) in [6.07, 6.45) is 17.3. The highest BCUT2D eigenvalue weighted by Gasteiger charge is 2.51. The van der Waals surface area contributed by atoms with Gasteiger partial charge < -0.3 is 39.9 Å². The van der Waals surface area contributed by atoms with Gasteiger partial charge in [-0.3, -0.25) is 18.6 Å². The van der Waals surface area contributed by atoms with Crippen molar-refractivity contribution in [1.29, 1.82) is 0 Å². The van der Waals surface area contributed by atoms with Crippen molar-refractivity contribution in [3.8, 4) is 0 Å². The average Bonchev–Trinajstić information content (AvgIpc) is 3.16. The maximum absolute atomic E-state index is 12.8. The zero-order chi connectivity index (χ0) is 40.7. The Bertz CT molecular complexity index is 985. The predicted molar refractivity (Wildman–Crippen MR) is 212 cm³/mol. The number of esters is 2. The first-order chi connectivity index (χ1) is 26.4. The van der Waals surface area contributed by atoms with Gasteiger partial charge in [-0.15, -0.1) is 0 Å². The molecule has 14 heteroatoms. The summed E-state index contributed by atoms with van der Waals surface area (Å²) in [7, 11) is -5.10. The summed E-state index contributed by atoms with van der Waals surface area (Å²) in [6, 6.07) is 0. The minimum absolute atomic E-state index is 0.104. The summed E-state index contributed by atoms with van der Waals surface area (Å²) in [5.74, 6) is -1.09. The molecule has 1 aliphatic carbocycles. The maximum Gasteiger partial charge on any atom is 0.472 e. The Balaban J connectivity index is 2.48. The second kappa shape index (κ2) is 32.8. The number of hydrogen-bond donors (Lipinski definition) is 6. The van der Waals surface area contributed by atoms with Gasteiger partial charge in [0.15, 0.2) is 6.10 Å². The van der Waals surface area contributed by atoms with E-state index in [0.29, 0.717) is 12.8 Å². The van der Waals surface area contributed by atoms with Gasteiger partial charge in [0.25, 0.3) is 0 Å². The van der Waals surface area contributed by atoms with Crippen LogP contribution < -0.4 is 0 Å². The molecule has 1 rings (SSSR count). The topological polar surface area (TPSA) is 210 Å². The van der Waals surface area contributed by atoms with Crippen molar-refractivity contribution in [2.75, 3.05) is 13.2 Å². The van der Waals surface area contributed by atoms with Gasteiger partial charge in [-0.05, 0) is 12.8 Å². The maximum atomic E-state index is 12.8. The standard InChI is InChI=1S/C41H79O13P/c1-3-5-7-9-11-13-15-17-19-21-23-25-27-29-34(42)51-31-33(32-52-55(49,50)54-41-39(47)37(45)36(44)38(46)40(41)48)53-35(43)30-28-26-24-22-20-18-16-14-12-10-8-6-4-2/h33,36-41,44-48H,3-32H2,1-2H3,(H,49,50)/t33-,36?,37-,38+,39+,40+,41?/m0/s1. The predicted octanol–water partition coefficient (Wildman–Crippen LogP) is 7.72. The average molecular weight is 811 g/mol. The van der Waals surface area contributed by atoms with Crippen molar-refractivity contribution in [2.45, 2.75) is 236 Å². The molecule has 1 saturated carbocycles. The van der Waals surface area contributed by atoms with Crippen LogP contribution in [-0.4, -0.2) is 98.3 Å². The van der Waals surface area contributed by atoms with Crippen molar-refractivity contribution in [1.82, 2.24) is 0 Å². The van der Waals surface area contributed by atoms with Gasteiger partial charge in [-0.1, -0.05) is 168 Å². The SMILES string of the molecule is CCCCCCCCCCCCCCCC(=O)OC[C@@H](COP(=O)(O)OC1[C@H](O)[C@H](O)C(O)[C@H](O)[C@H]1O)OC(=O)CCCCCCCCCCCCCCC. The highest BCUT2D eigenvalue weighted by Crippen LogP contribution is 2.47. The van der Waals surface area contributed by atoms with E-state index in [4.69, 9.17) is 18.5 Å². The number of hydrogen-bond acceptors (Lipinski definition) is 12. The van der Waals surface area contributed by atoms with Crippen LogP contribution in [-0.2, 0) is 32.7 Å². The molecule has 0 amide bonds. The minimum atomic E-state index is -5.10. The molecule has 1 aliphatic rings. The first-order valence-electron chi connectivity index (χ1n) is 21.8. The molecule has 0 bridgehead atoms. The molecule has 6 N–H and O–H groups in total. The van der Waals surface area contributed by atoms with Gasteiger partial charge in [-0.25, -0.2) is 4.57 Å². The summed E-state index contributed by atoms with van der Waals surface area (Å²) < 4.78 is 33.4. The summed E-state index contributed by atoms with van der Waals surface area (Å²) in [5.41, 5.74) is 0. The third-order valence-electron chi connectivity index (χ3n) is 10.4. The molecule has 0 spiro atoms. The van der Waals surface area contributed by atoms with Gasteiger partial charge in [0, 0.05) is 12.8 Å². The van der Waals surface area contributed by atoms with Crippen LogP contribution in [0.15, 0.2) is 0 Å². The van der Waals surface area contributed by atoms with Crippen LogP contribution in [0.5, 0.6) is 0 Å². The highest BCUT2D eigenvalue weighted by molar-refractivity contribution is 7.47. The Hall–Kier alpha value is -1.15. The molecule has 326 valence electrons. The molecule has 8 atom stereocenters. The van der Waals surface area contributed by atoms with Crippen molar-refractivity contribution in [2.24, 2.45) is 0 Å². The number of carbonyl (C=O) groups excluding carboxylic acids is 2. The van der Waals surface area contributed by atoms with Gasteiger partial charge in [0.2, 0.25) is 0 Å². The molecule has 0 aromatic carbocycles. The molecule has 0 aromatic heterocycles. The molecule has 0 radical (unpaired) electrons. The van der Waals surface area contributed by atoms with Gasteiger partial charge >= 0.3 is 19.8 Å². The summed E-state index contributed by atoms with van der Waals surface area (Å²) in [5, 5.41) is 50.0. The molecule has 0 aliphatic heterocycles. The Morgan fingerprint density at radius 2 is 0.818 bits per heavy atom. The van der Waals surface area contributed by atoms with Crippen molar-refractivity contribution >= 4 is 19.8 Å². The van der Waals surface area contributed by atoms with Crippen LogP contribution in [0, 0.1) is 0 Å². The van der Waals surface area contributed by atoms with Crippen LogP contribution in [0.2, 0.25) is 0 Å². The van der Waals surface area contributed by atoms with E-state index in [1.54, 1.807) is 0 Å². The number of carbonyl (C=O) groups is 2. The van der Waals surface area contributed by atoms with Gasteiger partial charge in [-0.2, -0.15) is 0 Å². The van der Waals surface area contributed by atoms with E-state index < -0.39 is 75.7 Å². The van der Waals surface area contributed by atoms with Crippen LogP contribution in [0.4, 0.5) is 0 Å². The summed E-state index contributed by atoms with van der Waals surface area (Å²) >= 11 is 0. The number of aliphatic hydroxyl groups excluding tert-OH is 5. The molecule has 3 unspecified atom stereocenters. The van der Waals surface area contributed by atoms with Crippen LogP contribution >= 0.6 is 7.82 Å². The fraction of sp³-hybridized carbons (Fsp3) is 0.951. The molecule has 0 aromatic rings. The molecule has 0 heterocycles. The summed E-state index contributed by atoms with van der Waals surface area (Å²) in [4.78, 5) is 35.6. The zero-order valence-corrected chi connectivity index (χ0v) is 35.1. The second-order valence-corrected chi connectivity index (χ2v) is 17.0. The van der Waals surface area contributed by atoms with E-state index in [9.17, 15) is 44.6 Å². The number of aliphatic hydroxyl groups is 5. The van der Waals surface area contributed by atoms with E-state index in [1.165, 1.54) is 116 Å². The zero-order valence-electron chi connectivity index (χ0n) is 34.2. The number of ether oxygens (including phenoxy) is 2. The van der Waals surface area contributed by atoms with Crippen molar-refractivity contribution in [3.05, 3.63) is 0 Å². The van der Waals surface area contributed by atoms with Crippen LogP contribution in [0.3, 0.4) is 0 Å². The first kappa shape index (κ1) is 51.9. The monoisotopic (exact) mass is 811 g/mol. The van der Waals surface area contributed by atoms with Crippen LogP contribution in [0.1, 0.15) is 194 Å². The largest absolute Gasteiger partial charge is 0.472 e. The van der Waals surface area contributed by atoms with Crippen molar-refractivity contribution < 1.29 is 63.1 Å². The number of phosphoric ester groups is 1. The van der Waals surface area contributed by atoms with Gasteiger partial charge in [0.1, 0.15) is 43.2 Å². The number of unbranched alkanes of at least 4 members (excludes halogenated alkanes) is 24. The molecule has 55 heavy (non-hydrogen) atoms. The third-order valence-corrected chi connectivity index (χ3v) is 11.4. The Kier molecular flexibility index (Phi) is 30.9. The number of rotatable bonds is 36. The fourth-order valence-electron chi connectivity index (χ4n) is 6.88. The van der Waals surface area contributed by atoms with E-state index in [1.807, 2.05) is 0 Å². The lowest BCUT2D eigenvalue weighted by Gasteiger charge is -2.41. The first-order valence-corrected chi connectivity index (χ1v) is 23.3. The Morgan fingerprint density at radius 1 is 0.491 bits per heavy atom.